The van der Waals surface area contributed by atoms with Crippen LogP contribution in [0.5, 0.6) is 0 Å². The number of carbonyl (C=O) groups is 2. The fourth-order valence-corrected chi connectivity index (χ4v) is 4.60. The largest absolute Gasteiger partial charge is 0.329 e. The second-order valence-electron chi connectivity index (χ2n) is 6.27. The number of carbonyl (C=O) groups excluding carboxylic acids is 2. The molecule has 1 aliphatic heterocycles. The topological polar surface area (TPSA) is 110 Å². The van der Waals surface area contributed by atoms with E-state index in [2.05, 4.69) is 4.72 Å². The number of imide groups is 1. The van der Waals surface area contributed by atoms with Gasteiger partial charge in [-0.05, 0) is 31.4 Å². The highest BCUT2D eigenvalue weighted by atomic mass is 32.2. The van der Waals surface area contributed by atoms with E-state index in [4.69, 9.17) is 5.73 Å². The molecule has 0 unspecified atom stereocenters. The molecule has 0 aromatic heterocycles. The molecule has 0 saturated heterocycles. The predicted molar refractivity (Wildman–Crippen MR) is 95.7 cm³/mol. The molecule has 2 amide bonds. The first-order chi connectivity index (χ1) is 11.8. The molecular formula is C17H25N3O4S. The predicted octanol–water partition coefficient (Wildman–Crippen LogP) is 1.11. The first kappa shape index (κ1) is 19.6. The highest BCUT2D eigenvalue weighted by Crippen LogP contribution is 2.22. The van der Waals surface area contributed by atoms with Crippen molar-refractivity contribution in [3.63, 3.8) is 0 Å². The van der Waals surface area contributed by atoms with Gasteiger partial charge in [-0.1, -0.05) is 26.0 Å². The molecule has 0 radical (unpaired) electrons. The van der Waals surface area contributed by atoms with Crippen LogP contribution in [0.3, 0.4) is 0 Å². The van der Waals surface area contributed by atoms with Crippen LogP contribution in [-0.2, 0) is 10.0 Å². The smallest absolute Gasteiger partial charge is 0.261 e. The van der Waals surface area contributed by atoms with Gasteiger partial charge in [0.05, 0.1) is 16.9 Å². The number of nitrogens with zero attached hydrogens (tertiary/aromatic N) is 1. The standard InChI is InChI=1S/C17H25N3O4S/c1-3-17(4-2,12-18)19-25(23,24)11-7-10-20-15(21)13-8-5-6-9-14(13)16(20)22/h5-6,8-9,19H,3-4,7,10-12,18H2,1-2H3. The van der Waals surface area contributed by atoms with Gasteiger partial charge in [-0.3, -0.25) is 14.5 Å². The lowest BCUT2D eigenvalue weighted by atomic mass is 9.95. The maximum Gasteiger partial charge on any atom is 0.261 e. The van der Waals surface area contributed by atoms with Crippen molar-refractivity contribution in [3.8, 4) is 0 Å². The fraction of sp³-hybridized carbons (Fsp3) is 0.529. The number of benzene rings is 1. The van der Waals surface area contributed by atoms with Gasteiger partial charge in [-0.2, -0.15) is 0 Å². The number of sulfonamides is 1. The van der Waals surface area contributed by atoms with Crippen molar-refractivity contribution in [1.82, 2.24) is 9.62 Å². The molecule has 1 heterocycles. The van der Waals surface area contributed by atoms with Crippen LogP contribution in [0.15, 0.2) is 24.3 Å². The van der Waals surface area contributed by atoms with Crippen molar-refractivity contribution < 1.29 is 18.0 Å². The van der Waals surface area contributed by atoms with Crippen LogP contribution in [0.1, 0.15) is 53.8 Å². The third kappa shape index (κ3) is 4.08. The second kappa shape index (κ2) is 7.63. The third-order valence-corrected chi connectivity index (χ3v) is 6.36. The minimum absolute atomic E-state index is 0.0706. The van der Waals surface area contributed by atoms with Crippen LogP contribution in [0.4, 0.5) is 0 Å². The molecule has 0 atom stereocenters. The van der Waals surface area contributed by atoms with Crippen LogP contribution in [0.2, 0.25) is 0 Å². The van der Waals surface area contributed by atoms with Gasteiger partial charge in [-0.25, -0.2) is 13.1 Å². The summed E-state index contributed by atoms with van der Waals surface area (Å²) >= 11 is 0. The van der Waals surface area contributed by atoms with Crippen LogP contribution < -0.4 is 10.5 Å². The number of rotatable bonds is 9. The Morgan fingerprint density at radius 2 is 1.60 bits per heavy atom. The molecule has 8 heteroatoms. The molecule has 0 fully saturated rings. The summed E-state index contributed by atoms with van der Waals surface area (Å²) in [5, 5.41) is 0. The minimum atomic E-state index is -3.55. The van der Waals surface area contributed by atoms with Gasteiger partial charge in [0.2, 0.25) is 10.0 Å². The number of fused-ring (bicyclic) bond motifs is 1. The molecule has 0 saturated carbocycles. The zero-order valence-corrected chi connectivity index (χ0v) is 15.4. The summed E-state index contributed by atoms with van der Waals surface area (Å²) in [6, 6.07) is 6.60. The summed E-state index contributed by atoms with van der Waals surface area (Å²) in [6.07, 6.45) is 1.37. The molecule has 2 rings (SSSR count). The quantitative estimate of drug-likeness (QED) is 0.635. The summed E-state index contributed by atoms with van der Waals surface area (Å²) < 4.78 is 27.3. The van der Waals surface area contributed by atoms with E-state index in [1.54, 1.807) is 24.3 Å². The minimum Gasteiger partial charge on any atom is -0.329 e. The Kier molecular flexibility index (Phi) is 5.97. The fourth-order valence-electron chi connectivity index (χ4n) is 2.96. The van der Waals surface area contributed by atoms with Gasteiger partial charge >= 0.3 is 0 Å². The van der Waals surface area contributed by atoms with Crippen molar-refractivity contribution in [1.29, 1.82) is 0 Å². The van der Waals surface area contributed by atoms with Gasteiger partial charge in [0.15, 0.2) is 0 Å². The van der Waals surface area contributed by atoms with E-state index in [9.17, 15) is 18.0 Å². The highest BCUT2D eigenvalue weighted by molar-refractivity contribution is 7.89. The van der Waals surface area contributed by atoms with Crippen molar-refractivity contribution >= 4 is 21.8 Å². The summed E-state index contributed by atoms with van der Waals surface area (Å²) in [7, 11) is -3.55. The molecular weight excluding hydrogens is 342 g/mol. The number of nitrogens with one attached hydrogen (secondary N) is 1. The molecule has 25 heavy (non-hydrogen) atoms. The monoisotopic (exact) mass is 367 g/mol. The lowest BCUT2D eigenvalue weighted by Gasteiger charge is -2.31. The molecule has 3 N–H and O–H groups in total. The zero-order valence-electron chi connectivity index (χ0n) is 14.6. The Morgan fingerprint density at radius 3 is 2.04 bits per heavy atom. The molecule has 138 valence electrons. The van der Waals surface area contributed by atoms with Crippen molar-refractivity contribution in [2.45, 2.75) is 38.6 Å². The highest BCUT2D eigenvalue weighted by Gasteiger charge is 2.35. The number of nitrogens with two attached hydrogens (primary N) is 1. The average Bonchev–Trinajstić information content (AvgIpc) is 2.85. The van der Waals surface area contributed by atoms with Crippen molar-refractivity contribution in [2.75, 3.05) is 18.8 Å². The normalized spacial score (nSPS) is 14.9. The lowest BCUT2D eigenvalue weighted by Crippen LogP contribution is -2.53. The third-order valence-electron chi connectivity index (χ3n) is 4.79. The van der Waals surface area contributed by atoms with Crippen molar-refractivity contribution in [2.24, 2.45) is 5.73 Å². The maximum absolute atomic E-state index is 12.3. The van der Waals surface area contributed by atoms with Gasteiger partial charge in [0.25, 0.3) is 11.8 Å². The Morgan fingerprint density at radius 1 is 1.08 bits per heavy atom. The molecule has 0 spiro atoms. The molecule has 1 aromatic carbocycles. The summed E-state index contributed by atoms with van der Waals surface area (Å²) in [4.78, 5) is 25.6. The van der Waals surface area contributed by atoms with Crippen LogP contribution in [0, 0.1) is 0 Å². The summed E-state index contributed by atoms with van der Waals surface area (Å²) in [6.45, 7) is 4.06. The molecule has 1 aliphatic rings. The first-order valence-electron chi connectivity index (χ1n) is 8.46. The van der Waals surface area contributed by atoms with Gasteiger partial charge in [0.1, 0.15) is 0 Å². The number of hydrogen-bond acceptors (Lipinski definition) is 5. The van der Waals surface area contributed by atoms with Gasteiger partial charge < -0.3 is 5.73 Å². The number of amides is 2. The second-order valence-corrected chi connectivity index (χ2v) is 8.12. The first-order valence-corrected chi connectivity index (χ1v) is 10.1. The van der Waals surface area contributed by atoms with E-state index in [1.807, 2.05) is 13.8 Å². The van der Waals surface area contributed by atoms with E-state index in [0.29, 0.717) is 24.0 Å². The van der Waals surface area contributed by atoms with Crippen molar-refractivity contribution in [3.05, 3.63) is 35.4 Å². The molecule has 0 bridgehead atoms. The van der Waals surface area contributed by atoms with Crippen LogP contribution >= 0.6 is 0 Å². The van der Waals surface area contributed by atoms with Gasteiger partial charge in [0, 0.05) is 18.6 Å². The van der Waals surface area contributed by atoms with E-state index in [-0.39, 0.29) is 37.1 Å². The molecule has 1 aromatic rings. The van der Waals surface area contributed by atoms with Gasteiger partial charge in [-0.15, -0.1) is 0 Å². The zero-order chi connectivity index (χ0) is 18.7. The Hall–Kier alpha value is -1.77. The number of hydrogen-bond donors (Lipinski definition) is 2. The van der Waals surface area contributed by atoms with E-state index >= 15 is 0 Å². The molecule has 7 nitrogen and oxygen atoms in total. The Bertz CT molecular complexity index is 714. The summed E-state index contributed by atoms with van der Waals surface area (Å²) in [5.74, 6) is -0.906. The summed E-state index contributed by atoms with van der Waals surface area (Å²) in [5.41, 5.74) is 5.82. The van der Waals surface area contributed by atoms with E-state index in [1.165, 1.54) is 0 Å². The Balaban J connectivity index is 1.97. The van der Waals surface area contributed by atoms with Crippen LogP contribution in [0.25, 0.3) is 0 Å². The average molecular weight is 367 g/mol. The lowest BCUT2D eigenvalue weighted by molar-refractivity contribution is 0.0654. The Labute approximate surface area is 148 Å². The van der Waals surface area contributed by atoms with E-state index < -0.39 is 15.6 Å². The molecule has 0 aliphatic carbocycles. The van der Waals surface area contributed by atoms with Crippen LogP contribution in [-0.4, -0.2) is 49.5 Å². The maximum atomic E-state index is 12.3. The van der Waals surface area contributed by atoms with E-state index in [0.717, 1.165) is 4.90 Å². The SMILES string of the molecule is CCC(CC)(CN)NS(=O)(=O)CCCN1C(=O)c2ccccc2C1=O.